The lowest BCUT2D eigenvalue weighted by Gasteiger charge is -2.13. The number of halogens is 2. The maximum Gasteiger partial charge on any atom is 0.270 e. The van der Waals surface area contributed by atoms with E-state index in [2.05, 4.69) is 20.5 Å². The lowest BCUT2D eigenvalue weighted by atomic mass is 10.2. The summed E-state index contributed by atoms with van der Waals surface area (Å²) in [5.41, 5.74) is 4.78. The smallest absolute Gasteiger partial charge is 0.258 e. The number of non-ortho nitro benzene ring substituents is 1. The maximum atomic E-state index is 11.0. The van der Waals surface area contributed by atoms with Gasteiger partial charge in [-0.25, -0.2) is 5.43 Å². The zero-order valence-electron chi connectivity index (χ0n) is 16.7. The second-order valence-electron chi connectivity index (χ2n) is 6.69. The summed E-state index contributed by atoms with van der Waals surface area (Å²) in [6.07, 6.45) is 1.45. The van der Waals surface area contributed by atoms with Gasteiger partial charge in [0.1, 0.15) is 0 Å². The zero-order valence-corrected chi connectivity index (χ0v) is 19.1. The molecule has 4 aromatic rings. The standard InChI is InChI=1S/C22H14Cl2N6O2S/c23-16-6-4-15(5-7-16)20-26-21(28-25-13-14-2-1-3-19(12-14)30(31)32)29(22(33)27-20)18-10-8-17(24)9-11-18/h1-13H,(H,26,27,28,33)/b25-13+. The van der Waals surface area contributed by atoms with Crippen LogP contribution in [0.5, 0.6) is 0 Å². The van der Waals surface area contributed by atoms with Crippen molar-refractivity contribution < 1.29 is 4.92 Å². The van der Waals surface area contributed by atoms with Crippen LogP contribution in [0.3, 0.4) is 0 Å². The molecule has 0 aliphatic carbocycles. The van der Waals surface area contributed by atoms with Gasteiger partial charge in [0.05, 0.1) is 16.8 Å². The van der Waals surface area contributed by atoms with Crippen LogP contribution in [-0.2, 0) is 0 Å². The van der Waals surface area contributed by atoms with Gasteiger partial charge in [-0.3, -0.25) is 14.7 Å². The fourth-order valence-corrected chi connectivity index (χ4v) is 3.45. The van der Waals surface area contributed by atoms with Crippen molar-refractivity contribution >= 4 is 53.3 Å². The molecule has 3 aromatic carbocycles. The molecular formula is C22H14Cl2N6O2S. The third kappa shape index (κ3) is 5.40. The Labute approximate surface area is 203 Å². The van der Waals surface area contributed by atoms with Gasteiger partial charge in [-0.15, -0.1) is 0 Å². The van der Waals surface area contributed by atoms with Crippen molar-refractivity contribution in [1.29, 1.82) is 0 Å². The van der Waals surface area contributed by atoms with Gasteiger partial charge in [-0.1, -0.05) is 35.3 Å². The van der Waals surface area contributed by atoms with E-state index in [-0.39, 0.29) is 10.5 Å². The molecule has 0 aliphatic rings. The minimum absolute atomic E-state index is 0.0323. The van der Waals surface area contributed by atoms with Gasteiger partial charge in [0, 0.05) is 33.3 Å². The van der Waals surface area contributed by atoms with Crippen LogP contribution in [0, 0.1) is 14.9 Å². The fourth-order valence-electron chi connectivity index (χ4n) is 2.92. The molecule has 0 fully saturated rings. The highest BCUT2D eigenvalue weighted by Gasteiger charge is 2.12. The summed E-state index contributed by atoms with van der Waals surface area (Å²) in [6, 6.07) is 20.1. The minimum Gasteiger partial charge on any atom is -0.258 e. The van der Waals surface area contributed by atoms with Gasteiger partial charge in [-0.2, -0.15) is 15.1 Å². The van der Waals surface area contributed by atoms with E-state index in [4.69, 9.17) is 35.4 Å². The average molecular weight is 497 g/mol. The molecule has 0 atom stereocenters. The minimum atomic E-state index is -0.467. The Kier molecular flexibility index (Phi) is 6.74. The molecule has 4 rings (SSSR count). The first kappa shape index (κ1) is 22.5. The summed E-state index contributed by atoms with van der Waals surface area (Å²) in [5.74, 6) is 0.680. The van der Waals surface area contributed by atoms with E-state index in [1.807, 2.05) is 0 Å². The molecule has 0 unspecified atom stereocenters. The van der Waals surface area contributed by atoms with Crippen LogP contribution in [0.4, 0.5) is 11.6 Å². The quantitative estimate of drug-likeness (QED) is 0.145. The number of benzene rings is 3. The predicted molar refractivity (Wildman–Crippen MR) is 132 cm³/mol. The fraction of sp³-hybridized carbons (Fsp3) is 0. The summed E-state index contributed by atoms with van der Waals surface area (Å²) in [4.78, 5) is 19.6. The molecule has 8 nitrogen and oxygen atoms in total. The Balaban J connectivity index is 1.75. The molecule has 0 saturated heterocycles. The lowest BCUT2D eigenvalue weighted by molar-refractivity contribution is -0.384. The SMILES string of the molecule is O=[N+]([O-])c1cccc(/C=N/Nc2nc(-c3ccc(Cl)cc3)nc(=S)n2-c2ccc(Cl)cc2)c1. The molecule has 0 amide bonds. The van der Waals surface area contributed by atoms with Gasteiger partial charge in [0.2, 0.25) is 10.7 Å². The van der Waals surface area contributed by atoms with E-state index in [1.54, 1.807) is 65.2 Å². The molecule has 1 aromatic heterocycles. The highest BCUT2D eigenvalue weighted by molar-refractivity contribution is 7.71. The number of hydrazone groups is 1. The number of nitrogens with one attached hydrogen (secondary N) is 1. The Morgan fingerprint density at radius 2 is 1.67 bits per heavy atom. The molecule has 33 heavy (non-hydrogen) atoms. The van der Waals surface area contributed by atoms with Crippen LogP contribution in [-0.4, -0.2) is 25.7 Å². The molecule has 0 radical (unpaired) electrons. The molecule has 1 heterocycles. The number of aromatic nitrogens is 3. The molecule has 0 bridgehead atoms. The number of anilines is 1. The average Bonchev–Trinajstić information content (AvgIpc) is 2.80. The van der Waals surface area contributed by atoms with E-state index in [1.165, 1.54) is 18.3 Å². The Morgan fingerprint density at radius 3 is 2.33 bits per heavy atom. The number of rotatable bonds is 6. The Bertz CT molecular complexity index is 1410. The number of hydrogen-bond acceptors (Lipinski definition) is 7. The van der Waals surface area contributed by atoms with Gasteiger partial charge in [0.15, 0.2) is 5.82 Å². The summed E-state index contributed by atoms with van der Waals surface area (Å²) in [5, 5.41) is 16.4. The Morgan fingerprint density at radius 1 is 1.00 bits per heavy atom. The van der Waals surface area contributed by atoms with E-state index < -0.39 is 4.92 Å². The third-order valence-corrected chi connectivity index (χ3v) is 5.24. The lowest BCUT2D eigenvalue weighted by Crippen LogP contribution is -2.10. The van der Waals surface area contributed by atoms with E-state index >= 15 is 0 Å². The van der Waals surface area contributed by atoms with Gasteiger partial charge >= 0.3 is 0 Å². The highest BCUT2D eigenvalue weighted by atomic mass is 35.5. The summed E-state index contributed by atoms with van der Waals surface area (Å²) >= 11 is 17.5. The summed E-state index contributed by atoms with van der Waals surface area (Å²) in [6.45, 7) is 0. The molecule has 164 valence electrons. The van der Waals surface area contributed by atoms with Crippen LogP contribution in [0.2, 0.25) is 10.0 Å². The second-order valence-corrected chi connectivity index (χ2v) is 7.93. The molecule has 0 aliphatic heterocycles. The first-order chi connectivity index (χ1) is 15.9. The number of nitrogens with zero attached hydrogens (tertiary/aromatic N) is 5. The van der Waals surface area contributed by atoms with Crippen LogP contribution in [0.25, 0.3) is 17.1 Å². The van der Waals surface area contributed by atoms with Crippen molar-refractivity contribution in [1.82, 2.24) is 14.5 Å². The van der Waals surface area contributed by atoms with Crippen molar-refractivity contribution in [2.75, 3.05) is 5.43 Å². The Hall–Kier alpha value is -3.66. The monoisotopic (exact) mass is 496 g/mol. The molecule has 11 heteroatoms. The predicted octanol–water partition coefficient (Wildman–Crippen LogP) is 6.32. The van der Waals surface area contributed by atoms with E-state index in [0.717, 1.165) is 5.56 Å². The van der Waals surface area contributed by atoms with Crippen molar-refractivity contribution in [2.45, 2.75) is 0 Å². The number of nitro benzene ring substituents is 1. The van der Waals surface area contributed by atoms with Crippen LogP contribution in [0.15, 0.2) is 77.9 Å². The molecular weight excluding hydrogens is 483 g/mol. The second kappa shape index (κ2) is 9.86. The molecule has 1 N–H and O–H groups in total. The molecule has 0 spiro atoms. The number of hydrogen-bond donors (Lipinski definition) is 1. The summed E-state index contributed by atoms with van der Waals surface area (Å²) < 4.78 is 1.85. The van der Waals surface area contributed by atoms with Crippen LogP contribution in [0.1, 0.15) is 5.56 Å². The van der Waals surface area contributed by atoms with E-state index in [0.29, 0.717) is 33.1 Å². The third-order valence-electron chi connectivity index (χ3n) is 4.46. The van der Waals surface area contributed by atoms with Gasteiger partial charge in [0.25, 0.3) is 5.69 Å². The maximum absolute atomic E-state index is 11.0. The first-order valence-corrected chi connectivity index (χ1v) is 10.6. The van der Waals surface area contributed by atoms with Crippen molar-refractivity contribution in [3.05, 3.63) is 103 Å². The zero-order chi connectivity index (χ0) is 23.4. The van der Waals surface area contributed by atoms with Crippen molar-refractivity contribution in [2.24, 2.45) is 5.10 Å². The van der Waals surface area contributed by atoms with Crippen LogP contribution >= 0.6 is 35.4 Å². The normalized spacial score (nSPS) is 11.0. The van der Waals surface area contributed by atoms with Crippen molar-refractivity contribution in [3.63, 3.8) is 0 Å². The van der Waals surface area contributed by atoms with Crippen molar-refractivity contribution in [3.8, 4) is 17.1 Å². The molecule has 0 saturated carbocycles. The highest BCUT2D eigenvalue weighted by Crippen LogP contribution is 2.23. The topological polar surface area (TPSA) is 98.2 Å². The van der Waals surface area contributed by atoms with E-state index in [9.17, 15) is 10.1 Å². The summed E-state index contributed by atoms with van der Waals surface area (Å²) in [7, 11) is 0. The van der Waals surface area contributed by atoms with Gasteiger partial charge < -0.3 is 0 Å². The number of nitro groups is 1. The van der Waals surface area contributed by atoms with Crippen LogP contribution < -0.4 is 5.43 Å². The van der Waals surface area contributed by atoms with Gasteiger partial charge in [-0.05, 0) is 60.7 Å². The largest absolute Gasteiger partial charge is 0.270 e. The first-order valence-electron chi connectivity index (χ1n) is 9.47.